The van der Waals surface area contributed by atoms with Gasteiger partial charge in [0, 0.05) is 19.1 Å². The van der Waals surface area contributed by atoms with Crippen molar-refractivity contribution in [3.05, 3.63) is 24.3 Å². The average molecular weight is 342 g/mol. The fourth-order valence-electron chi connectivity index (χ4n) is 2.76. The van der Waals surface area contributed by atoms with Crippen molar-refractivity contribution in [2.75, 3.05) is 33.8 Å². The molecule has 1 aliphatic heterocycles. The summed E-state index contributed by atoms with van der Waals surface area (Å²) >= 11 is 0. The second-order valence-electron chi connectivity index (χ2n) is 5.62. The summed E-state index contributed by atoms with van der Waals surface area (Å²) in [6.45, 7) is 0.752. The average Bonchev–Trinajstić information content (AvgIpc) is 2.54. The van der Waals surface area contributed by atoms with E-state index in [2.05, 4.69) is 0 Å². The van der Waals surface area contributed by atoms with Crippen molar-refractivity contribution in [1.29, 1.82) is 0 Å². The Morgan fingerprint density at radius 2 is 1.87 bits per heavy atom. The molecule has 23 heavy (non-hydrogen) atoms. The Labute approximate surface area is 136 Å². The van der Waals surface area contributed by atoms with Crippen LogP contribution >= 0.6 is 0 Å². The number of carboxylic acid groups (broad SMARTS) is 1. The molecule has 0 spiro atoms. The Morgan fingerprint density at radius 1 is 1.30 bits per heavy atom. The van der Waals surface area contributed by atoms with Gasteiger partial charge in [-0.15, -0.1) is 0 Å². The smallest absolute Gasteiger partial charge is 0.317 e. The highest BCUT2D eigenvalue weighted by Gasteiger charge is 2.31. The fraction of sp³-hybridized carbons (Fsp3) is 0.533. The van der Waals surface area contributed by atoms with Gasteiger partial charge in [-0.1, -0.05) is 0 Å². The topological polar surface area (TPSA) is 87.2 Å². The van der Waals surface area contributed by atoms with Gasteiger partial charge in [-0.25, -0.2) is 8.42 Å². The van der Waals surface area contributed by atoms with Gasteiger partial charge in [0.25, 0.3) is 0 Å². The van der Waals surface area contributed by atoms with Crippen LogP contribution in [-0.4, -0.2) is 68.5 Å². The van der Waals surface area contributed by atoms with E-state index in [-0.39, 0.29) is 17.5 Å². The number of carbonyl (C=O) groups is 1. The number of piperidine rings is 1. The molecule has 7 nitrogen and oxygen atoms in total. The molecular weight excluding hydrogens is 320 g/mol. The quantitative estimate of drug-likeness (QED) is 0.825. The van der Waals surface area contributed by atoms with Gasteiger partial charge in [0.1, 0.15) is 5.75 Å². The van der Waals surface area contributed by atoms with Crippen molar-refractivity contribution in [3.8, 4) is 5.75 Å². The SMILES string of the molecule is COc1ccc(S(=O)(=O)N2CCC(N(C)CC(=O)O)CC2)cc1. The van der Waals surface area contributed by atoms with E-state index in [0.717, 1.165) is 0 Å². The monoisotopic (exact) mass is 342 g/mol. The molecule has 1 saturated heterocycles. The summed E-state index contributed by atoms with van der Waals surface area (Å²) in [4.78, 5) is 12.8. The normalized spacial score (nSPS) is 17.3. The number of aliphatic carboxylic acids is 1. The number of benzene rings is 1. The number of hydrogen-bond acceptors (Lipinski definition) is 5. The first kappa shape index (κ1) is 17.7. The van der Waals surface area contributed by atoms with Crippen LogP contribution in [-0.2, 0) is 14.8 Å². The summed E-state index contributed by atoms with van der Waals surface area (Å²) in [5.74, 6) is -0.265. The molecule has 0 atom stereocenters. The van der Waals surface area contributed by atoms with E-state index in [1.54, 1.807) is 24.1 Å². The zero-order chi connectivity index (χ0) is 17.0. The Bertz CT molecular complexity index is 636. The van der Waals surface area contributed by atoms with Crippen LogP contribution in [0.2, 0.25) is 0 Å². The zero-order valence-electron chi connectivity index (χ0n) is 13.3. The van der Waals surface area contributed by atoms with E-state index < -0.39 is 16.0 Å². The lowest BCUT2D eigenvalue weighted by Gasteiger charge is -2.35. The maximum Gasteiger partial charge on any atom is 0.317 e. The van der Waals surface area contributed by atoms with E-state index >= 15 is 0 Å². The number of hydrogen-bond donors (Lipinski definition) is 1. The Kier molecular flexibility index (Phi) is 5.61. The first-order valence-corrected chi connectivity index (χ1v) is 8.85. The van der Waals surface area contributed by atoms with Gasteiger partial charge in [0.05, 0.1) is 18.6 Å². The van der Waals surface area contributed by atoms with Gasteiger partial charge in [-0.2, -0.15) is 4.31 Å². The lowest BCUT2D eigenvalue weighted by molar-refractivity contribution is -0.138. The third-order valence-electron chi connectivity index (χ3n) is 4.13. The molecule has 2 rings (SSSR count). The van der Waals surface area contributed by atoms with Crippen LogP contribution in [0, 0.1) is 0 Å². The molecule has 0 bridgehead atoms. The van der Waals surface area contributed by atoms with E-state index in [1.165, 1.54) is 23.5 Å². The van der Waals surface area contributed by atoms with Crippen LogP contribution < -0.4 is 4.74 Å². The van der Waals surface area contributed by atoms with E-state index in [0.29, 0.717) is 31.7 Å². The molecule has 1 aromatic carbocycles. The van der Waals surface area contributed by atoms with Crippen molar-refractivity contribution in [2.24, 2.45) is 0 Å². The molecule has 8 heteroatoms. The van der Waals surface area contributed by atoms with Crippen LogP contribution in [0.1, 0.15) is 12.8 Å². The van der Waals surface area contributed by atoms with Gasteiger partial charge >= 0.3 is 5.97 Å². The van der Waals surface area contributed by atoms with Crippen molar-refractivity contribution in [3.63, 3.8) is 0 Å². The summed E-state index contributed by atoms with van der Waals surface area (Å²) in [5.41, 5.74) is 0. The Hall–Kier alpha value is -1.64. The van der Waals surface area contributed by atoms with Crippen molar-refractivity contribution < 1.29 is 23.1 Å². The summed E-state index contributed by atoms with van der Waals surface area (Å²) < 4.78 is 31.7. The number of carboxylic acids is 1. The summed E-state index contributed by atoms with van der Waals surface area (Å²) in [7, 11) is -0.230. The molecular formula is C15H22N2O5S. The van der Waals surface area contributed by atoms with Gasteiger partial charge in [-0.05, 0) is 44.2 Å². The highest BCUT2D eigenvalue weighted by molar-refractivity contribution is 7.89. The lowest BCUT2D eigenvalue weighted by atomic mass is 10.1. The minimum absolute atomic E-state index is 0.0318. The third kappa shape index (κ3) is 4.21. The minimum atomic E-state index is -3.52. The van der Waals surface area contributed by atoms with Gasteiger partial charge in [0.15, 0.2) is 0 Å². The molecule has 1 aliphatic rings. The van der Waals surface area contributed by atoms with Gasteiger partial charge < -0.3 is 9.84 Å². The Morgan fingerprint density at radius 3 is 2.35 bits per heavy atom. The van der Waals surface area contributed by atoms with Crippen molar-refractivity contribution in [1.82, 2.24) is 9.21 Å². The molecule has 1 aromatic rings. The number of rotatable bonds is 6. The van der Waals surface area contributed by atoms with Crippen molar-refractivity contribution in [2.45, 2.75) is 23.8 Å². The molecule has 1 heterocycles. The summed E-state index contributed by atoms with van der Waals surface area (Å²) in [6.07, 6.45) is 1.25. The molecule has 1 N–H and O–H groups in total. The minimum Gasteiger partial charge on any atom is -0.497 e. The van der Waals surface area contributed by atoms with E-state index in [4.69, 9.17) is 9.84 Å². The molecule has 0 aliphatic carbocycles. The molecule has 0 amide bonds. The van der Waals surface area contributed by atoms with E-state index in [1.807, 2.05) is 0 Å². The number of sulfonamides is 1. The second-order valence-corrected chi connectivity index (χ2v) is 7.56. The van der Waals surface area contributed by atoms with Gasteiger partial charge in [0.2, 0.25) is 10.0 Å². The van der Waals surface area contributed by atoms with Crippen LogP contribution in [0.25, 0.3) is 0 Å². The predicted octanol–water partition coefficient (Wildman–Crippen LogP) is 0.865. The largest absolute Gasteiger partial charge is 0.497 e. The fourth-order valence-corrected chi connectivity index (χ4v) is 4.23. The number of likely N-dealkylation sites (N-methyl/N-ethyl adjacent to an activating group) is 1. The summed E-state index contributed by atoms with van der Waals surface area (Å²) in [6, 6.07) is 6.42. The maximum absolute atomic E-state index is 12.6. The predicted molar refractivity (Wildman–Crippen MR) is 85.0 cm³/mol. The van der Waals surface area contributed by atoms with Crippen LogP contribution in [0.15, 0.2) is 29.2 Å². The molecule has 0 unspecified atom stereocenters. The standard InChI is InChI=1S/C15H22N2O5S/c1-16(11-15(18)19)12-7-9-17(10-8-12)23(20,21)14-5-3-13(22-2)4-6-14/h3-6,12H,7-11H2,1-2H3,(H,18,19). The number of nitrogens with zero attached hydrogens (tertiary/aromatic N) is 2. The van der Waals surface area contributed by atoms with Crippen molar-refractivity contribution >= 4 is 16.0 Å². The highest BCUT2D eigenvalue weighted by Crippen LogP contribution is 2.24. The molecule has 0 saturated carbocycles. The highest BCUT2D eigenvalue weighted by atomic mass is 32.2. The molecule has 128 valence electrons. The Balaban J connectivity index is 2.01. The van der Waals surface area contributed by atoms with Crippen LogP contribution in [0.3, 0.4) is 0 Å². The number of ether oxygens (including phenoxy) is 1. The van der Waals surface area contributed by atoms with E-state index in [9.17, 15) is 13.2 Å². The molecule has 0 aromatic heterocycles. The lowest BCUT2D eigenvalue weighted by Crippen LogP contribution is -2.46. The zero-order valence-corrected chi connectivity index (χ0v) is 14.1. The van der Waals surface area contributed by atoms with Gasteiger partial charge in [-0.3, -0.25) is 9.69 Å². The third-order valence-corrected chi connectivity index (χ3v) is 6.04. The van der Waals surface area contributed by atoms with Crippen LogP contribution in [0.5, 0.6) is 5.75 Å². The molecule has 0 radical (unpaired) electrons. The van der Waals surface area contributed by atoms with Crippen LogP contribution in [0.4, 0.5) is 0 Å². The maximum atomic E-state index is 12.6. The first-order valence-electron chi connectivity index (χ1n) is 7.41. The first-order chi connectivity index (χ1) is 10.8. The second kappa shape index (κ2) is 7.29. The number of methoxy groups -OCH3 is 1. The summed E-state index contributed by atoms with van der Waals surface area (Å²) in [5, 5.41) is 8.83. The molecule has 1 fully saturated rings.